The standard InChI is InChI=1S/C17H23NO3/c19-16(20)13-17(18-10-5-1-2-6-11-18)9-12-21-15-8-4-3-7-14(15)17/h3-4,7-8H,1-2,5-6,9-13H2,(H,19,20). The molecule has 4 heteroatoms. The minimum atomic E-state index is -0.726. The molecule has 1 N–H and O–H groups in total. The Balaban J connectivity index is 2.03. The van der Waals surface area contributed by atoms with Crippen molar-refractivity contribution in [1.82, 2.24) is 4.90 Å². The predicted octanol–water partition coefficient (Wildman–Crippen LogP) is 3.02. The van der Waals surface area contributed by atoms with Gasteiger partial charge in [-0.15, -0.1) is 0 Å². The summed E-state index contributed by atoms with van der Waals surface area (Å²) in [4.78, 5) is 14.0. The average molecular weight is 289 g/mol. The first-order chi connectivity index (χ1) is 10.2. The number of para-hydroxylation sites is 1. The normalized spacial score (nSPS) is 26.5. The molecule has 1 saturated heterocycles. The molecule has 0 amide bonds. The third-order valence-electron chi connectivity index (χ3n) is 4.82. The highest BCUT2D eigenvalue weighted by molar-refractivity contribution is 5.69. The number of hydrogen-bond acceptors (Lipinski definition) is 3. The largest absolute Gasteiger partial charge is 0.493 e. The van der Waals surface area contributed by atoms with Gasteiger partial charge >= 0.3 is 5.97 Å². The second-order valence-corrected chi connectivity index (χ2v) is 6.10. The first kappa shape index (κ1) is 14.4. The maximum atomic E-state index is 11.5. The molecule has 2 aliphatic heterocycles. The van der Waals surface area contributed by atoms with Gasteiger partial charge in [0.25, 0.3) is 0 Å². The molecule has 1 aromatic carbocycles. The Labute approximate surface area is 125 Å². The van der Waals surface area contributed by atoms with Crippen LogP contribution in [0.3, 0.4) is 0 Å². The van der Waals surface area contributed by atoms with Crippen molar-refractivity contribution < 1.29 is 14.6 Å². The van der Waals surface area contributed by atoms with E-state index >= 15 is 0 Å². The van der Waals surface area contributed by atoms with Gasteiger partial charge in [0.15, 0.2) is 0 Å². The van der Waals surface area contributed by atoms with E-state index in [4.69, 9.17) is 4.74 Å². The molecule has 4 nitrogen and oxygen atoms in total. The molecule has 0 aliphatic carbocycles. The smallest absolute Gasteiger partial charge is 0.305 e. The van der Waals surface area contributed by atoms with E-state index in [1.807, 2.05) is 24.3 Å². The number of nitrogens with zero attached hydrogens (tertiary/aromatic N) is 1. The lowest BCUT2D eigenvalue weighted by Crippen LogP contribution is -2.50. The van der Waals surface area contributed by atoms with E-state index in [0.717, 1.165) is 43.7 Å². The van der Waals surface area contributed by atoms with Gasteiger partial charge in [0, 0.05) is 12.0 Å². The fourth-order valence-electron chi connectivity index (χ4n) is 3.81. The van der Waals surface area contributed by atoms with Gasteiger partial charge < -0.3 is 9.84 Å². The molecule has 1 fully saturated rings. The number of carboxylic acid groups (broad SMARTS) is 1. The van der Waals surface area contributed by atoms with Crippen molar-refractivity contribution in [2.75, 3.05) is 19.7 Å². The molecular formula is C17H23NO3. The zero-order chi connectivity index (χ0) is 14.7. The number of carbonyl (C=O) groups is 1. The zero-order valence-electron chi connectivity index (χ0n) is 12.4. The Morgan fingerprint density at radius 3 is 2.62 bits per heavy atom. The number of ether oxygens (including phenoxy) is 1. The maximum Gasteiger partial charge on any atom is 0.305 e. The van der Waals surface area contributed by atoms with Crippen LogP contribution in [0.5, 0.6) is 5.75 Å². The fourth-order valence-corrected chi connectivity index (χ4v) is 3.81. The van der Waals surface area contributed by atoms with Crippen LogP contribution in [0.15, 0.2) is 24.3 Å². The SMILES string of the molecule is O=C(O)CC1(N2CCCCCC2)CCOc2ccccc21. The van der Waals surface area contributed by atoms with Crippen LogP contribution >= 0.6 is 0 Å². The van der Waals surface area contributed by atoms with Gasteiger partial charge in [-0.2, -0.15) is 0 Å². The number of aliphatic carboxylic acids is 1. The maximum absolute atomic E-state index is 11.5. The highest BCUT2D eigenvalue weighted by Crippen LogP contribution is 2.44. The molecule has 0 spiro atoms. The first-order valence-electron chi connectivity index (χ1n) is 7.91. The Morgan fingerprint density at radius 2 is 1.90 bits per heavy atom. The summed E-state index contributed by atoms with van der Waals surface area (Å²) in [6.45, 7) is 2.57. The number of carboxylic acids is 1. The predicted molar refractivity (Wildman–Crippen MR) is 80.5 cm³/mol. The van der Waals surface area contributed by atoms with Crippen LogP contribution in [0, 0.1) is 0 Å². The second kappa shape index (κ2) is 6.06. The molecule has 114 valence electrons. The molecule has 1 aromatic rings. The average Bonchev–Trinajstić information content (AvgIpc) is 2.76. The summed E-state index contributed by atoms with van der Waals surface area (Å²) in [6.07, 6.45) is 5.73. The summed E-state index contributed by atoms with van der Waals surface area (Å²) in [5.74, 6) is 0.130. The lowest BCUT2D eigenvalue weighted by molar-refractivity contribution is -0.141. The molecule has 2 aliphatic rings. The van der Waals surface area contributed by atoms with E-state index in [2.05, 4.69) is 4.90 Å². The van der Waals surface area contributed by atoms with Crippen LogP contribution in [0.25, 0.3) is 0 Å². The van der Waals surface area contributed by atoms with E-state index in [1.54, 1.807) is 0 Å². The molecule has 0 aromatic heterocycles. The Kier molecular flexibility index (Phi) is 4.15. The van der Waals surface area contributed by atoms with Gasteiger partial charge in [-0.3, -0.25) is 9.69 Å². The van der Waals surface area contributed by atoms with Crippen molar-refractivity contribution in [2.24, 2.45) is 0 Å². The summed E-state index contributed by atoms with van der Waals surface area (Å²) in [5.41, 5.74) is 0.658. The molecule has 1 unspecified atom stereocenters. The third-order valence-corrected chi connectivity index (χ3v) is 4.82. The van der Waals surface area contributed by atoms with Crippen LogP contribution < -0.4 is 4.74 Å². The summed E-state index contributed by atoms with van der Waals surface area (Å²) in [7, 11) is 0. The minimum Gasteiger partial charge on any atom is -0.493 e. The second-order valence-electron chi connectivity index (χ2n) is 6.10. The number of benzene rings is 1. The van der Waals surface area contributed by atoms with E-state index in [1.165, 1.54) is 12.8 Å². The van der Waals surface area contributed by atoms with Crippen LogP contribution in [-0.4, -0.2) is 35.7 Å². The molecule has 0 saturated carbocycles. The van der Waals surface area contributed by atoms with Gasteiger partial charge in [0.1, 0.15) is 5.75 Å². The van der Waals surface area contributed by atoms with Gasteiger partial charge in [-0.1, -0.05) is 31.0 Å². The fraction of sp³-hybridized carbons (Fsp3) is 0.588. The molecule has 0 radical (unpaired) electrons. The van der Waals surface area contributed by atoms with Gasteiger partial charge in [0.05, 0.1) is 18.6 Å². The number of likely N-dealkylation sites (tertiary alicyclic amines) is 1. The molecule has 1 atom stereocenters. The van der Waals surface area contributed by atoms with E-state index < -0.39 is 11.5 Å². The monoisotopic (exact) mass is 289 g/mol. The van der Waals surface area contributed by atoms with Gasteiger partial charge in [0.2, 0.25) is 0 Å². The molecule has 2 heterocycles. The zero-order valence-corrected chi connectivity index (χ0v) is 12.4. The van der Waals surface area contributed by atoms with E-state index in [0.29, 0.717) is 6.61 Å². The van der Waals surface area contributed by atoms with E-state index in [-0.39, 0.29) is 6.42 Å². The quantitative estimate of drug-likeness (QED) is 0.929. The Morgan fingerprint density at radius 1 is 1.19 bits per heavy atom. The van der Waals surface area contributed by atoms with Crippen LogP contribution in [-0.2, 0) is 10.3 Å². The number of rotatable bonds is 3. The van der Waals surface area contributed by atoms with Crippen molar-refractivity contribution in [2.45, 2.75) is 44.1 Å². The highest BCUT2D eigenvalue weighted by Gasteiger charge is 2.44. The summed E-state index contributed by atoms with van der Waals surface area (Å²) in [5, 5.41) is 9.49. The molecular weight excluding hydrogens is 266 g/mol. The summed E-state index contributed by atoms with van der Waals surface area (Å²) < 4.78 is 5.76. The first-order valence-corrected chi connectivity index (χ1v) is 7.91. The lowest BCUT2D eigenvalue weighted by atomic mass is 9.79. The summed E-state index contributed by atoms with van der Waals surface area (Å²) >= 11 is 0. The van der Waals surface area contributed by atoms with Crippen molar-refractivity contribution in [3.8, 4) is 5.75 Å². The molecule has 0 bridgehead atoms. The molecule has 21 heavy (non-hydrogen) atoms. The Hall–Kier alpha value is -1.55. The van der Waals surface area contributed by atoms with Gasteiger partial charge in [-0.05, 0) is 32.0 Å². The Bertz CT molecular complexity index is 509. The van der Waals surface area contributed by atoms with Crippen LogP contribution in [0.1, 0.15) is 44.1 Å². The number of hydrogen-bond donors (Lipinski definition) is 1. The van der Waals surface area contributed by atoms with Crippen molar-refractivity contribution in [3.05, 3.63) is 29.8 Å². The minimum absolute atomic E-state index is 0.160. The van der Waals surface area contributed by atoms with Crippen LogP contribution in [0.2, 0.25) is 0 Å². The van der Waals surface area contributed by atoms with Gasteiger partial charge in [-0.25, -0.2) is 0 Å². The summed E-state index contributed by atoms with van der Waals surface area (Å²) in [6, 6.07) is 7.95. The van der Waals surface area contributed by atoms with Crippen LogP contribution in [0.4, 0.5) is 0 Å². The van der Waals surface area contributed by atoms with Crippen molar-refractivity contribution >= 4 is 5.97 Å². The van der Waals surface area contributed by atoms with E-state index in [9.17, 15) is 9.90 Å². The topological polar surface area (TPSA) is 49.8 Å². The number of fused-ring (bicyclic) bond motifs is 1. The third kappa shape index (κ3) is 2.77. The highest BCUT2D eigenvalue weighted by atomic mass is 16.5. The van der Waals surface area contributed by atoms with Crippen molar-refractivity contribution in [3.63, 3.8) is 0 Å². The van der Waals surface area contributed by atoms with Crippen molar-refractivity contribution in [1.29, 1.82) is 0 Å². The molecule has 3 rings (SSSR count). The lowest BCUT2D eigenvalue weighted by Gasteiger charge is -2.46.